The molecular weight excluding hydrogens is 392 g/mol. The van der Waals surface area contributed by atoms with Crippen LogP contribution >= 0.6 is 0 Å². The number of guanidine groups is 1. The quantitative estimate of drug-likeness (QED) is 0.478. The van der Waals surface area contributed by atoms with Gasteiger partial charge in [-0.25, -0.2) is 0 Å². The summed E-state index contributed by atoms with van der Waals surface area (Å²) in [6, 6.07) is 17.4. The Morgan fingerprint density at radius 1 is 1.19 bits per heavy atom. The largest absolute Gasteiger partial charge is 0.492 e. The van der Waals surface area contributed by atoms with Gasteiger partial charge in [0.15, 0.2) is 5.96 Å². The summed E-state index contributed by atoms with van der Waals surface area (Å²) < 4.78 is 11.3. The van der Waals surface area contributed by atoms with E-state index in [1.807, 2.05) is 66.5 Å². The zero-order valence-corrected chi connectivity index (χ0v) is 18.3. The number of hydrogen-bond acceptors (Lipinski definition) is 4. The lowest BCUT2D eigenvalue weighted by Crippen LogP contribution is -2.40. The number of carbonyl (C=O) groups excluding carboxylic acids is 1. The van der Waals surface area contributed by atoms with Gasteiger partial charge in [-0.2, -0.15) is 0 Å². The molecule has 0 radical (unpaired) electrons. The van der Waals surface area contributed by atoms with E-state index in [4.69, 9.17) is 9.47 Å². The lowest BCUT2D eigenvalue weighted by atomic mass is 10.1. The van der Waals surface area contributed by atoms with Gasteiger partial charge in [0.05, 0.1) is 12.6 Å². The number of nitrogens with zero attached hydrogens (tertiary/aromatic N) is 2. The summed E-state index contributed by atoms with van der Waals surface area (Å²) in [4.78, 5) is 18.8. The molecule has 1 unspecified atom stereocenters. The van der Waals surface area contributed by atoms with Crippen molar-refractivity contribution in [1.82, 2.24) is 15.5 Å². The van der Waals surface area contributed by atoms with Crippen LogP contribution in [0.25, 0.3) is 0 Å². The maximum absolute atomic E-state index is 12.5. The van der Waals surface area contributed by atoms with E-state index >= 15 is 0 Å². The smallest absolute Gasteiger partial charge is 0.251 e. The van der Waals surface area contributed by atoms with Gasteiger partial charge < -0.3 is 25.0 Å². The van der Waals surface area contributed by atoms with E-state index in [2.05, 4.69) is 15.6 Å². The molecule has 0 aliphatic carbocycles. The third-order valence-electron chi connectivity index (χ3n) is 5.17. The van der Waals surface area contributed by atoms with Crippen molar-refractivity contribution in [2.45, 2.75) is 25.5 Å². The fourth-order valence-electron chi connectivity index (χ4n) is 3.43. The van der Waals surface area contributed by atoms with Crippen LogP contribution in [0, 0.1) is 0 Å². The van der Waals surface area contributed by atoms with Crippen LogP contribution in [0.4, 0.5) is 0 Å². The molecule has 0 spiro atoms. The van der Waals surface area contributed by atoms with Gasteiger partial charge in [0, 0.05) is 39.4 Å². The Kier molecular flexibility index (Phi) is 8.72. The Balaban J connectivity index is 1.45. The van der Waals surface area contributed by atoms with Crippen molar-refractivity contribution in [1.29, 1.82) is 0 Å². The lowest BCUT2D eigenvalue weighted by Gasteiger charge is -2.22. The summed E-state index contributed by atoms with van der Waals surface area (Å²) in [5, 5.41) is 6.31. The van der Waals surface area contributed by atoms with Crippen LogP contribution < -0.4 is 15.4 Å². The van der Waals surface area contributed by atoms with Gasteiger partial charge in [0.25, 0.3) is 5.91 Å². The summed E-state index contributed by atoms with van der Waals surface area (Å²) in [6.07, 6.45) is 2.21. The number of likely N-dealkylation sites (N-methyl/N-ethyl adjacent to an activating group) is 1. The number of nitrogens with one attached hydrogen (secondary N) is 2. The Morgan fingerprint density at radius 3 is 2.77 bits per heavy atom. The third-order valence-corrected chi connectivity index (χ3v) is 5.17. The van der Waals surface area contributed by atoms with E-state index in [-0.39, 0.29) is 12.0 Å². The van der Waals surface area contributed by atoms with Gasteiger partial charge in [-0.05, 0) is 42.7 Å². The zero-order valence-electron chi connectivity index (χ0n) is 18.3. The van der Waals surface area contributed by atoms with Crippen LogP contribution in [-0.4, -0.2) is 63.3 Å². The van der Waals surface area contributed by atoms with E-state index in [9.17, 15) is 4.79 Å². The Hall–Kier alpha value is -3.06. The average molecular weight is 425 g/mol. The van der Waals surface area contributed by atoms with Crippen LogP contribution in [0.3, 0.4) is 0 Å². The molecule has 7 heteroatoms. The fourth-order valence-corrected chi connectivity index (χ4v) is 3.43. The lowest BCUT2D eigenvalue weighted by molar-refractivity contribution is 0.0857. The minimum atomic E-state index is -0.0723. The van der Waals surface area contributed by atoms with Gasteiger partial charge >= 0.3 is 0 Å². The monoisotopic (exact) mass is 424 g/mol. The number of carbonyl (C=O) groups is 1. The molecule has 1 amide bonds. The molecule has 1 aliphatic rings. The van der Waals surface area contributed by atoms with Crippen molar-refractivity contribution in [3.63, 3.8) is 0 Å². The number of ether oxygens (including phenoxy) is 2. The number of para-hydroxylation sites is 1. The average Bonchev–Trinajstić information content (AvgIpc) is 3.32. The highest BCUT2D eigenvalue weighted by atomic mass is 16.5. The second kappa shape index (κ2) is 12.0. The Labute approximate surface area is 184 Å². The fraction of sp³-hybridized carbons (Fsp3) is 0.417. The molecule has 1 fully saturated rings. The van der Waals surface area contributed by atoms with Crippen LogP contribution in [0.2, 0.25) is 0 Å². The van der Waals surface area contributed by atoms with Gasteiger partial charge in [-0.3, -0.25) is 9.79 Å². The molecule has 166 valence electrons. The molecule has 7 nitrogen and oxygen atoms in total. The van der Waals surface area contributed by atoms with Crippen molar-refractivity contribution in [2.75, 3.05) is 40.4 Å². The normalized spacial score (nSPS) is 16.1. The minimum Gasteiger partial charge on any atom is -0.492 e. The van der Waals surface area contributed by atoms with Crippen molar-refractivity contribution in [3.8, 4) is 5.75 Å². The number of hydrogen-bond donors (Lipinski definition) is 2. The number of amides is 1. The number of aliphatic imine (C=N–C) groups is 1. The maximum Gasteiger partial charge on any atom is 0.251 e. The molecule has 2 aromatic carbocycles. The number of rotatable bonds is 9. The van der Waals surface area contributed by atoms with E-state index in [1.54, 1.807) is 7.05 Å². The van der Waals surface area contributed by atoms with Crippen LogP contribution in [0.1, 0.15) is 28.8 Å². The topological polar surface area (TPSA) is 75.2 Å². The second-order valence-corrected chi connectivity index (χ2v) is 7.53. The molecule has 2 aromatic rings. The summed E-state index contributed by atoms with van der Waals surface area (Å²) in [5.41, 5.74) is 1.66. The van der Waals surface area contributed by atoms with Crippen LogP contribution in [-0.2, 0) is 11.3 Å². The summed E-state index contributed by atoms with van der Waals surface area (Å²) >= 11 is 0. The second-order valence-electron chi connectivity index (χ2n) is 7.53. The molecule has 1 saturated heterocycles. The standard InChI is InChI=1S/C24H32N4O3/c1-25-24(28(2)13-15-31-21-10-4-3-5-11-21)27-17-19-8-6-9-20(16-19)23(29)26-18-22-12-7-14-30-22/h3-6,8-11,16,22H,7,12-15,17-18H2,1-2H3,(H,25,27)(H,26,29). The molecule has 0 saturated carbocycles. The van der Waals surface area contributed by atoms with Crippen molar-refractivity contribution >= 4 is 11.9 Å². The molecule has 1 heterocycles. The zero-order chi connectivity index (χ0) is 21.9. The molecule has 2 N–H and O–H groups in total. The van der Waals surface area contributed by atoms with Crippen molar-refractivity contribution in [2.24, 2.45) is 4.99 Å². The van der Waals surface area contributed by atoms with Gasteiger partial charge in [0.1, 0.15) is 12.4 Å². The molecule has 1 aliphatic heterocycles. The molecule has 3 rings (SSSR count). The molecule has 0 bridgehead atoms. The predicted octanol–water partition coefficient (Wildman–Crippen LogP) is 2.68. The summed E-state index contributed by atoms with van der Waals surface area (Å²) in [5.74, 6) is 1.55. The van der Waals surface area contributed by atoms with Crippen LogP contribution in [0.15, 0.2) is 59.6 Å². The van der Waals surface area contributed by atoms with Crippen molar-refractivity contribution in [3.05, 3.63) is 65.7 Å². The molecule has 1 atom stereocenters. The minimum absolute atomic E-state index is 0.0723. The Bertz CT molecular complexity index is 851. The Morgan fingerprint density at radius 2 is 2.03 bits per heavy atom. The van der Waals surface area contributed by atoms with E-state index in [1.165, 1.54) is 0 Å². The highest BCUT2D eigenvalue weighted by molar-refractivity contribution is 5.94. The highest BCUT2D eigenvalue weighted by Gasteiger charge is 2.16. The first kappa shape index (κ1) is 22.6. The van der Waals surface area contributed by atoms with E-state index < -0.39 is 0 Å². The maximum atomic E-state index is 12.5. The van der Waals surface area contributed by atoms with Gasteiger partial charge in [-0.15, -0.1) is 0 Å². The highest BCUT2D eigenvalue weighted by Crippen LogP contribution is 2.11. The molecule has 0 aromatic heterocycles. The first-order chi connectivity index (χ1) is 15.2. The van der Waals surface area contributed by atoms with Crippen molar-refractivity contribution < 1.29 is 14.3 Å². The first-order valence-electron chi connectivity index (χ1n) is 10.7. The van der Waals surface area contributed by atoms with E-state index in [0.29, 0.717) is 31.8 Å². The van der Waals surface area contributed by atoms with E-state index in [0.717, 1.165) is 36.7 Å². The van der Waals surface area contributed by atoms with Gasteiger partial charge in [-0.1, -0.05) is 30.3 Å². The third kappa shape index (κ3) is 7.29. The van der Waals surface area contributed by atoms with Crippen LogP contribution in [0.5, 0.6) is 5.75 Å². The molecular formula is C24H32N4O3. The SMILES string of the molecule is CN=C(NCc1cccc(C(=O)NCC2CCCO2)c1)N(C)CCOc1ccccc1. The predicted molar refractivity (Wildman–Crippen MR) is 123 cm³/mol. The summed E-state index contributed by atoms with van der Waals surface area (Å²) in [6.45, 7) is 3.17. The first-order valence-corrected chi connectivity index (χ1v) is 10.7. The molecule has 31 heavy (non-hydrogen) atoms. The number of benzene rings is 2. The van der Waals surface area contributed by atoms with Gasteiger partial charge in [0.2, 0.25) is 0 Å². The summed E-state index contributed by atoms with van der Waals surface area (Å²) in [7, 11) is 3.73.